The van der Waals surface area contributed by atoms with Crippen molar-refractivity contribution in [2.75, 3.05) is 30.8 Å². The van der Waals surface area contributed by atoms with E-state index in [0.29, 0.717) is 31.0 Å². The van der Waals surface area contributed by atoms with E-state index in [1.54, 1.807) is 31.2 Å². The number of carbonyl (C=O) groups excluding carboxylic acids is 2. The van der Waals surface area contributed by atoms with Crippen LogP contribution >= 0.6 is 0 Å². The van der Waals surface area contributed by atoms with Gasteiger partial charge in [-0.3, -0.25) is 13.9 Å². The summed E-state index contributed by atoms with van der Waals surface area (Å²) in [6.45, 7) is 4.52. The number of ether oxygens (including phenoxy) is 1. The van der Waals surface area contributed by atoms with Crippen molar-refractivity contribution in [3.05, 3.63) is 60.2 Å². The van der Waals surface area contributed by atoms with Crippen molar-refractivity contribution in [3.63, 3.8) is 0 Å². The van der Waals surface area contributed by atoms with Crippen molar-refractivity contribution in [2.24, 2.45) is 0 Å². The largest absolute Gasteiger partial charge is 0.494 e. The Bertz CT molecular complexity index is 1010. The van der Waals surface area contributed by atoms with Gasteiger partial charge in [0.2, 0.25) is 21.8 Å². The van der Waals surface area contributed by atoms with E-state index in [-0.39, 0.29) is 24.8 Å². The van der Waals surface area contributed by atoms with Crippen LogP contribution in [-0.2, 0) is 26.2 Å². The van der Waals surface area contributed by atoms with Crippen LogP contribution < -0.4 is 14.4 Å². The molecule has 0 aliphatic carbocycles. The standard InChI is InChI=1S/C24H33N3O5S/c1-5-32-22-15-13-21(14-16-22)27(33(4,30)31)17-9-12-23(28)26(19(2)24(29)25-3)18-20-10-7-6-8-11-20/h6-8,10-11,13-16,19H,5,9,12,17-18H2,1-4H3,(H,25,29). The average Bonchev–Trinajstić information content (AvgIpc) is 2.80. The highest BCUT2D eigenvalue weighted by Gasteiger charge is 2.26. The molecule has 8 nitrogen and oxygen atoms in total. The highest BCUT2D eigenvalue weighted by atomic mass is 32.2. The van der Waals surface area contributed by atoms with Gasteiger partial charge in [0, 0.05) is 26.6 Å². The summed E-state index contributed by atoms with van der Waals surface area (Å²) in [7, 11) is -2.01. The Morgan fingerprint density at radius 3 is 2.24 bits per heavy atom. The van der Waals surface area contributed by atoms with Gasteiger partial charge in [0.25, 0.3) is 0 Å². The van der Waals surface area contributed by atoms with Crippen molar-refractivity contribution >= 4 is 27.5 Å². The lowest BCUT2D eigenvalue weighted by atomic mass is 10.1. The maximum absolute atomic E-state index is 13.1. The van der Waals surface area contributed by atoms with E-state index in [1.165, 1.54) is 16.3 Å². The second-order valence-electron chi connectivity index (χ2n) is 7.66. The predicted octanol–water partition coefficient (Wildman–Crippen LogP) is 2.79. The smallest absolute Gasteiger partial charge is 0.242 e. The summed E-state index contributed by atoms with van der Waals surface area (Å²) in [6.07, 6.45) is 1.56. The van der Waals surface area contributed by atoms with Gasteiger partial charge in [-0.2, -0.15) is 0 Å². The summed E-state index contributed by atoms with van der Waals surface area (Å²) in [4.78, 5) is 26.8. The molecular formula is C24H33N3O5S. The second kappa shape index (κ2) is 12.2. The van der Waals surface area contributed by atoms with Crippen LogP contribution in [0.3, 0.4) is 0 Å². The lowest BCUT2D eigenvalue weighted by molar-refractivity contribution is -0.140. The molecule has 0 heterocycles. The van der Waals surface area contributed by atoms with Crippen LogP contribution in [0.2, 0.25) is 0 Å². The first-order chi connectivity index (χ1) is 15.7. The summed E-state index contributed by atoms with van der Waals surface area (Å²) < 4.78 is 31.4. The Morgan fingerprint density at radius 2 is 1.70 bits per heavy atom. The van der Waals surface area contributed by atoms with E-state index in [1.807, 2.05) is 37.3 Å². The first-order valence-electron chi connectivity index (χ1n) is 10.9. The molecule has 2 aromatic rings. The van der Waals surface area contributed by atoms with Crippen molar-refractivity contribution in [2.45, 2.75) is 39.3 Å². The van der Waals surface area contributed by atoms with E-state index in [9.17, 15) is 18.0 Å². The summed E-state index contributed by atoms with van der Waals surface area (Å²) in [6, 6.07) is 15.6. The van der Waals surface area contributed by atoms with E-state index in [0.717, 1.165) is 11.8 Å². The molecule has 2 amide bonds. The van der Waals surface area contributed by atoms with E-state index >= 15 is 0 Å². The number of anilines is 1. The number of carbonyl (C=O) groups is 2. The number of rotatable bonds is 12. The third-order valence-corrected chi connectivity index (χ3v) is 6.39. The predicted molar refractivity (Wildman–Crippen MR) is 130 cm³/mol. The Kier molecular flexibility index (Phi) is 9.72. The van der Waals surface area contributed by atoms with Crippen molar-refractivity contribution in [1.82, 2.24) is 10.2 Å². The minimum Gasteiger partial charge on any atom is -0.494 e. The van der Waals surface area contributed by atoms with Gasteiger partial charge < -0.3 is 15.0 Å². The highest BCUT2D eigenvalue weighted by Crippen LogP contribution is 2.22. The van der Waals surface area contributed by atoms with Gasteiger partial charge in [-0.25, -0.2) is 8.42 Å². The Morgan fingerprint density at radius 1 is 1.06 bits per heavy atom. The molecule has 1 N–H and O–H groups in total. The van der Waals surface area contributed by atoms with Gasteiger partial charge in [0.15, 0.2) is 0 Å². The van der Waals surface area contributed by atoms with E-state index in [4.69, 9.17) is 4.74 Å². The van der Waals surface area contributed by atoms with Gasteiger partial charge in [0.05, 0.1) is 18.6 Å². The van der Waals surface area contributed by atoms with Crippen LogP contribution in [0.1, 0.15) is 32.3 Å². The molecule has 33 heavy (non-hydrogen) atoms. The fraction of sp³-hybridized carbons (Fsp3) is 0.417. The van der Waals surface area contributed by atoms with Crippen molar-refractivity contribution in [1.29, 1.82) is 0 Å². The number of likely N-dealkylation sites (N-methyl/N-ethyl adjacent to an activating group) is 1. The maximum atomic E-state index is 13.1. The second-order valence-corrected chi connectivity index (χ2v) is 9.57. The van der Waals surface area contributed by atoms with Crippen LogP contribution in [-0.4, -0.2) is 57.6 Å². The average molecular weight is 476 g/mol. The fourth-order valence-electron chi connectivity index (χ4n) is 3.45. The molecule has 0 aliphatic heterocycles. The topological polar surface area (TPSA) is 96.0 Å². The quantitative estimate of drug-likeness (QED) is 0.509. The molecule has 0 fully saturated rings. The lowest BCUT2D eigenvalue weighted by Crippen LogP contribution is -2.46. The molecule has 0 aromatic heterocycles. The SMILES string of the molecule is CCOc1ccc(N(CCCC(=O)N(Cc2ccccc2)C(C)C(=O)NC)S(C)(=O)=O)cc1. The molecule has 9 heteroatoms. The maximum Gasteiger partial charge on any atom is 0.242 e. The van der Waals surface area contributed by atoms with Gasteiger partial charge >= 0.3 is 0 Å². The molecule has 0 spiro atoms. The number of hydrogen-bond donors (Lipinski definition) is 1. The van der Waals surface area contributed by atoms with Gasteiger partial charge in [-0.15, -0.1) is 0 Å². The number of amides is 2. The number of benzene rings is 2. The number of nitrogens with one attached hydrogen (secondary N) is 1. The van der Waals surface area contributed by atoms with Crippen LogP contribution in [0, 0.1) is 0 Å². The number of sulfonamides is 1. The van der Waals surface area contributed by atoms with Gasteiger partial charge in [0.1, 0.15) is 11.8 Å². The molecule has 1 atom stereocenters. The van der Waals surface area contributed by atoms with Crippen molar-refractivity contribution in [3.8, 4) is 5.75 Å². The molecular weight excluding hydrogens is 442 g/mol. The van der Waals surface area contributed by atoms with E-state index in [2.05, 4.69) is 5.32 Å². The summed E-state index contributed by atoms with van der Waals surface area (Å²) in [5.41, 5.74) is 1.42. The molecule has 0 radical (unpaired) electrons. The van der Waals surface area contributed by atoms with Crippen LogP contribution in [0.4, 0.5) is 5.69 Å². The number of hydrogen-bond acceptors (Lipinski definition) is 5. The molecule has 2 rings (SSSR count). The minimum atomic E-state index is -3.54. The summed E-state index contributed by atoms with van der Waals surface area (Å²) in [5, 5.41) is 2.58. The minimum absolute atomic E-state index is 0.108. The molecule has 0 aliphatic rings. The third-order valence-electron chi connectivity index (χ3n) is 5.20. The Balaban J connectivity index is 2.10. The molecule has 0 saturated heterocycles. The van der Waals surface area contributed by atoms with E-state index < -0.39 is 16.1 Å². The third kappa shape index (κ3) is 7.78. The Hall–Kier alpha value is -3.07. The fourth-order valence-corrected chi connectivity index (χ4v) is 4.42. The monoisotopic (exact) mass is 475 g/mol. The van der Waals surface area contributed by atoms with Crippen LogP contribution in [0.25, 0.3) is 0 Å². The molecule has 2 aromatic carbocycles. The first-order valence-corrected chi connectivity index (χ1v) is 12.8. The van der Waals surface area contributed by atoms with Crippen molar-refractivity contribution < 1.29 is 22.7 Å². The lowest BCUT2D eigenvalue weighted by Gasteiger charge is -2.29. The zero-order chi connectivity index (χ0) is 24.4. The zero-order valence-electron chi connectivity index (χ0n) is 19.7. The van der Waals surface area contributed by atoms with Crippen LogP contribution in [0.15, 0.2) is 54.6 Å². The van der Waals surface area contributed by atoms with Gasteiger partial charge in [-0.05, 0) is 50.1 Å². The van der Waals surface area contributed by atoms with Crippen LogP contribution in [0.5, 0.6) is 5.75 Å². The molecule has 0 saturated carbocycles. The van der Waals surface area contributed by atoms with Gasteiger partial charge in [-0.1, -0.05) is 30.3 Å². The molecule has 180 valence electrons. The normalized spacial score (nSPS) is 12.0. The molecule has 0 bridgehead atoms. The zero-order valence-corrected chi connectivity index (χ0v) is 20.5. The molecule has 1 unspecified atom stereocenters. The number of nitrogens with zero attached hydrogens (tertiary/aromatic N) is 2. The Labute approximate surface area is 196 Å². The summed E-state index contributed by atoms with van der Waals surface area (Å²) >= 11 is 0. The summed E-state index contributed by atoms with van der Waals surface area (Å²) in [5.74, 6) is 0.186. The highest BCUT2D eigenvalue weighted by molar-refractivity contribution is 7.92. The first kappa shape index (κ1) is 26.2.